The van der Waals surface area contributed by atoms with Crippen LogP contribution >= 0.6 is 11.8 Å². The zero-order chi connectivity index (χ0) is 20.1. The molecular formula is C22H23FN2O2S. The zero-order valence-corrected chi connectivity index (χ0v) is 16.8. The number of hydrogen-bond donors (Lipinski definition) is 1. The van der Waals surface area contributed by atoms with E-state index in [-0.39, 0.29) is 17.2 Å². The number of nitrogens with zero attached hydrogens (tertiary/aromatic N) is 1. The third-order valence-electron chi connectivity index (χ3n) is 4.53. The molecule has 0 saturated carbocycles. The molecule has 0 atom stereocenters. The minimum absolute atomic E-state index is 0.119. The van der Waals surface area contributed by atoms with E-state index in [0.717, 1.165) is 11.1 Å². The quantitative estimate of drug-likeness (QED) is 0.334. The number of hydrogen-bond acceptors (Lipinski definition) is 4. The van der Waals surface area contributed by atoms with E-state index in [1.165, 1.54) is 23.9 Å². The van der Waals surface area contributed by atoms with Gasteiger partial charge in [0, 0.05) is 18.6 Å². The van der Waals surface area contributed by atoms with Gasteiger partial charge in [-0.3, -0.25) is 9.59 Å². The number of aromatic nitrogens is 2. The Bertz CT molecular complexity index is 1030. The van der Waals surface area contributed by atoms with E-state index in [2.05, 4.69) is 23.8 Å². The summed E-state index contributed by atoms with van der Waals surface area (Å²) >= 11 is 1.44. The van der Waals surface area contributed by atoms with Crippen LogP contribution in [0.15, 0.2) is 52.4 Å². The molecular weight excluding hydrogens is 375 g/mol. The van der Waals surface area contributed by atoms with E-state index >= 15 is 0 Å². The van der Waals surface area contributed by atoms with Gasteiger partial charge in [-0.15, -0.1) is 0 Å². The monoisotopic (exact) mass is 398 g/mol. The van der Waals surface area contributed by atoms with E-state index < -0.39 is 0 Å². The van der Waals surface area contributed by atoms with Gasteiger partial charge in [0.25, 0.3) is 5.56 Å². The molecule has 2 aromatic carbocycles. The summed E-state index contributed by atoms with van der Waals surface area (Å²) in [6, 6.07) is 11.8. The molecule has 3 aromatic rings. The van der Waals surface area contributed by atoms with Crippen LogP contribution in [-0.4, -0.2) is 21.5 Å². The maximum absolute atomic E-state index is 12.9. The largest absolute Gasteiger partial charge is 0.301 e. The number of aromatic amines is 1. The van der Waals surface area contributed by atoms with Crippen molar-refractivity contribution >= 4 is 28.4 Å². The first-order valence-electron chi connectivity index (χ1n) is 9.35. The summed E-state index contributed by atoms with van der Waals surface area (Å²) in [4.78, 5) is 31.7. The number of halogens is 1. The number of thioether (sulfide) groups is 1. The van der Waals surface area contributed by atoms with Crippen molar-refractivity contribution in [1.82, 2.24) is 9.97 Å². The van der Waals surface area contributed by atoms with Gasteiger partial charge < -0.3 is 4.98 Å². The molecule has 0 amide bonds. The highest BCUT2D eigenvalue weighted by atomic mass is 32.2. The molecule has 4 nitrogen and oxygen atoms in total. The molecule has 0 aliphatic carbocycles. The first kappa shape index (κ1) is 20.3. The lowest BCUT2D eigenvalue weighted by Gasteiger charge is -2.07. The summed E-state index contributed by atoms with van der Waals surface area (Å²) in [5.41, 5.74) is 2.48. The van der Waals surface area contributed by atoms with Crippen molar-refractivity contribution < 1.29 is 9.18 Å². The summed E-state index contributed by atoms with van der Waals surface area (Å²) in [7, 11) is 0. The lowest BCUT2D eigenvalue weighted by molar-refractivity contribution is -0.118. The van der Waals surface area contributed by atoms with Crippen molar-refractivity contribution in [3.8, 4) is 0 Å². The Morgan fingerprint density at radius 2 is 1.93 bits per heavy atom. The molecule has 0 aliphatic rings. The maximum atomic E-state index is 12.9. The fraction of sp³-hybridized carbons (Fsp3) is 0.318. The normalized spacial score (nSPS) is 11.3. The Kier molecular flexibility index (Phi) is 6.62. The Morgan fingerprint density at radius 1 is 1.18 bits per heavy atom. The number of fused-ring (bicyclic) bond motifs is 1. The van der Waals surface area contributed by atoms with Crippen LogP contribution in [0.2, 0.25) is 0 Å². The van der Waals surface area contributed by atoms with Crippen LogP contribution in [0, 0.1) is 5.82 Å². The summed E-state index contributed by atoms with van der Waals surface area (Å²) < 4.78 is 12.9. The molecule has 1 heterocycles. The first-order chi connectivity index (χ1) is 13.4. The number of rotatable bonds is 8. The molecule has 1 N–H and O–H groups in total. The van der Waals surface area contributed by atoms with Crippen molar-refractivity contribution in [2.24, 2.45) is 0 Å². The number of Topliss-reactive ketones (excluding diaryl/α,β-unsaturated/α-hetero) is 1. The molecule has 146 valence electrons. The average molecular weight is 399 g/mol. The smallest absolute Gasteiger partial charge is 0.259 e. The van der Waals surface area contributed by atoms with Crippen LogP contribution in [0.4, 0.5) is 4.39 Å². The van der Waals surface area contributed by atoms with Crippen molar-refractivity contribution in [2.45, 2.75) is 44.2 Å². The standard InChI is InChI=1S/C22H23FN2O2S/c1-14(2)16-7-10-20-19(13-16)21(27)25-22(24-20)28-11-3-4-18(26)12-15-5-8-17(23)9-6-15/h5-10,13-14H,3-4,11-12H2,1-2H3,(H,24,25,27). The SMILES string of the molecule is CC(C)c1ccc2nc(SCCCC(=O)Cc3ccc(F)cc3)[nH]c(=O)c2c1. The van der Waals surface area contributed by atoms with Gasteiger partial charge in [0.1, 0.15) is 11.6 Å². The van der Waals surface area contributed by atoms with E-state index in [4.69, 9.17) is 0 Å². The van der Waals surface area contributed by atoms with Gasteiger partial charge in [-0.05, 0) is 47.7 Å². The van der Waals surface area contributed by atoms with E-state index in [1.54, 1.807) is 12.1 Å². The lowest BCUT2D eigenvalue weighted by atomic mass is 10.0. The van der Waals surface area contributed by atoms with Crippen molar-refractivity contribution in [2.75, 3.05) is 5.75 Å². The van der Waals surface area contributed by atoms with Crippen LogP contribution in [0.1, 0.15) is 43.7 Å². The molecule has 3 rings (SSSR count). The van der Waals surface area contributed by atoms with Crippen molar-refractivity contribution in [3.05, 3.63) is 69.8 Å². The minimum Gasteiger partial charge on any atom is -0.301 e. The summed E-state index contributed by atoms with van der Waals surface area (Å²) in [6.07, 6.45) is 1.45. The second-order valence-electron chi connectivity index (χ2n) is 7.10. The Balaban J connectivity index is 1.53. The number of carbonyl (C=O) groups excluding carboxylic acids is 1. The van der Waals surface area contributed by atoms with Crippen LogP contribution in [0.25, 0.3) is 10.9 Å². The minimum atomic E-state index is -0.301. The van der Waals surface area contributed by atoms with Crippen LogP contribution in [0.3, 0.4) is 0 Å². The van der Waals surface area contributed by atoms with Crippen molar-refractivity contribution in [1.29, 1.82) is 0 Å². The van der Waals surface area contributed by atoms with Gasteiger partial charge in [0.05, 0.1) is 10.9 Å². The van der Waals surface area contributed by atoms with Gasteiger partial charge in [-0.1, -0.05) is 43.8 Å². The summed E-state index contributed by atoms with van der Waals surface area (Å²) in [5.74, 6) is 0.858. The predicted octanol–water partition coefficient (Wildman–Crippen LogP) is 4.87. The molecule has 6 heteroatoms. The van der Waals surface area contributed by atoms with E-state index in [9.17, 15) is 14.0 Å². The maximum Gasteiger partial charge on any atom is 0.259 e. The fourth-order valence-corrected chi connectivity index (χ4v) is 3.73. The molecule has 28 heavy (non-hydrogen) atoms. The number of nitrogens with one attached hydrogen (secondary N) is 1. The Morgan fingerprint density at radius 3 is 2.64 bits per heavy atom. The Labute approximate surface area is 167 Å². The second kappa shape index (κ2) is 9.15. The Hall–Kier alpha value is -2.47. The van der Waals surface area contributed by atoms with E-state index in [1.807, 2.05) is 18.2 Å². The molecule has 0 saturated heterocycles. The van der Waals surface area contributed by atoms with Gasteiger partial charge in [-0.2, -0.15) is 0 Å². The van der Waals surface area contributed by atoms with Crippen LogP contribution in [0.5, 0.6) is 0 Å². The molecule has 0 bridgehead atoms. The third-order valence-corrected chi connectivity index (χ3v) is 5.49. The first-order valence-corrected chi connectivity index (χ1v) is 10.3. The lowest BCUT2D eigenvalue weighted by Crippen LogP contribution is -2.10. The van der Waals surface area contributed by atoms with Gasteiger partial charge in [0.15, 0.2) is 5.16 Å². The van der Waals surface area contributed by atoms with Gasteiger partial charge in [0.2, 0.25) is 0 Å². The zero-order valence-electron chi connectivity index (χ0n) is 16.0. The molecule has 0 fully saturated rings. The topological polar surface area (TPSA) is 62.8 Å². The fourth-order valence-electron chi connectivity index (χ4n) is 2.92. The number of carbonyl (C=O) groups is 1. The predicted molar refractivity (Wildman–Crippen MR) is 112 cm³/mol. The average Bonchev–Trinajstić information content (AvgIpc) is 2.67. The summed E-state index contributed by atoms with van der Waals surface area (Å²) in [6.45, 7) is 4.18. The van der Waals surface area contributed by atoms with Gasteiger partial charge in [-0.25, -0.2) is 9.37 Å². The highest BCUT2D eigenvalue weighted by molar-refractivity contribution is 7.99. The highest BCUT2D eigenvalue weighted by Gasteiger charge is 2.08. The third kappa shape index (κ3) is 5.29. The molecule has 0 radical (unpaired) electrons. The molecule has 1 aromatic heterocycles. The number of benzene rings is 2. The summed E-state index contributed by atoms with van der Waals surface area (Å²) in [5, 5.41) is 1.17. The second-order valence-corrected chi connectivity index (χ2v) is 8.18. The molecule has 0 spiro atoms. The van der Waals surface area contributed by atoms with E-state index in [0.29, 0.717) is 47.0 Å². The van der Waals surface area contributed by atoms with Crippen LogP contribution in [-0.2, 0) is 11.2 Å². The number of H-pyrrole nitrogens is 1. The highest BCUT2D eigenvalue weighted by Crippen LogP contribution is 2.20. The molecule has 0 unspecified atom stereocenters. The van der Waals surface area contributed by atoms with Crippen molar-refractivity contribution in [3.63, 3.8) is 0 Å². The van der Waals surface area contributed by atoms with Crippen LogP contribution < -0.4 is 5.56 Å². The molecule has 0 aliphatic heterocycles. The number of ketones is 1. The van der Waals surface area contributed by atoms with Gasteiger partial charge >= 0.3 is 0 Å².